The van der Waals surface area contributed by atoms with Crippen molar-refractivity contribution in [3.63, 3.8) is 0 Å². The van der Waals surface area contributed by atoms with Crippen LogP contribution in [0.4, 0.5) is 10.5 Å². The Kier molecular flexibility index (Phi) is 12.7. The van der Waals surface area contributed by atoms with E-state index in [9.17, 15) is 37.7 Å². The average Bonchev–Trinajstić information content (AvgIpc) is 3.60. The minimum absolute atomic E-state index is 0.0923. The van der Waals surface area contributed by atoms with Crippen LogP contribution in [-0.2, 0) is 29.1 Å². The molecule has 0 saturated carbocycles. The number of fused-ring (bicyclic) bond motifs is 1. The van der Waals surface area contributed by atoms with Crippen LogP contribution in [0.15, 0.2) is 96.4 Å². The monoisotopic (exact) mass is 816 g/mol. The highest BCUT2D eigenvalue weighted by Crippen LogP contribution is 2.35. The fourth-order valence-corrected chi connectivity index (χ4v) is 7.53. The van der Waals surface area contributed by atoms with Crippen LogP contribution >= 0.6 is 0 Å². The van der Waals surface area contributed by atoms with Crippen molar-refractivity contribution in [3.8, 4) is 22.8 Å². The van der Waals surface area contributed by atoms with E-state index in [2.05, 4.69) is 17.2 Å². The second kappa shape index (κ2) is 17.3. The molecule has 1 aromatic heterocycles. The number of alkyl carbamates (subject to hydrolysis) is 1. The Hall–Kier alpha value is -6.56. The number of ether oxygens (including phenoxy) is 3. The Labute approximate surface area is 334 Å². The standard InChI is InChI=1S/C40H44N6O11S/c1-7-19-40(5,37(49)44-58(53,54)34-16-12-11-15-31(34)46(51)52)43-36(48)32-21-27(24-45(32)35(47)23-41-38(50)57-39(2,3)4)56-33-22-29(25-13-9-8-10-14-25)42-30-20-26(55-6)17-18-28(30)33/h7-18,20,22,27,32H,1,19,21,23-24H2,2-6H3,(H,41,50)(H,43,48)(H,44,49)/t27-,32+,40+/m1/s1. The minimum Gasteiger partial charge on any atom is -0.497 e. The lowest BCUT2D eigenvalue weighted by Gasteiger charge is -2.31. The summed E-state index contributed by atoms with van der Waals surface area (Å²) in [5.74, 6) is -1.80. The van der Waals surface area contributed by atoms with Crippen molar-refractivity contribution in [1.29, 1.82) is 0 Å². The molecule has 4 aromatic rings. The van der Waals surface area contributed by atoms with Crippen LogP contribution in [-0.4, -0.2) is 90.5 Å². The number of carbonyl (C=O) groups is 4. The molecule has 306 valence electrons. The van der Waals surface area contributed by atoms with E-state index < -0.39 is 79.2 Å². The van der Waals surface area contributed by atoms with Gasteiger partial charge in [-0.05, 0) is 52.3 Å². The van der Waals surface area contributed by atoms with Crippen molar-refractivity contribution >= 4 is 50.4 Å². The summed E-state index contributed by atoms with van der Waals surface area (Å²) in [7, 11) is -3.28. The fourth-order valence-electron chi connectivity index (χ4n) is 6.28. The van der Waals surface area contributed by atoms with Crippen molar-refractivity contribution in [2.24, 2.45) is 0 Å². The lowest BCUT2D eigenvalue weighted by Crippen LogP contribution is -2.61. The molecule has 2 heterocycles. The molecule has 4 amide bonds. The van der Waals surface area contributed by atoms with Crippen LogP contribution in [0, 0.1) is 10.1 Å². The highest BCUT2D eigenvalue weighted by Gasteiger charge is 2.45. The minimum atomic E-state index is -4.81. The molecule has 3 N–H and O–H groups in total. The van der Waals surface area contributed by atoms with Crippen LogP contribution < -0.4 is 24.8 Å². The first-order valence-electron chi connectivity index (χ1n) is 18.0. The molecule has 0 aliphatic carbocycles. The van der Waals surface area contributed by atoms with Crippen LogP contribution in [0.25, 0.3) is 22.2 Å². The zero-order valence-electron chi connectivity index (χ0n) is 32.5. The highest BCUT2D eigenvalue weighted by molar-refractivity contribution is 7.90. The van der Waals surface area contributed by atoms with Crippen LogP contribution in [0.1, 0.15) is 40.5 Å². The molecule has 3 atom stereocenters. The maximum absolute atomic E-state index is 14.2. The number of methoxy groups -OCH3 is 1. The second-order valence-corrected chi connectivity index (χ2v) is 16.3. The Morgan fingerprint density at radius 3 is 2.36 bits per heavy atom. The molecular weight excluding hydrogens is 773 g/mol. The number of nitrogens with zero attached hydrogens (tertiary/aromatic N) is 3. The second-order valence-electron chi connectivity index (χ2n) is 14.6. The summed E-state index contributed by atoms with van der Waals surface area (Å²) in [5.41, 5.74) is -1.66. The van der Waals surface area contributed by atoms with Gasteiger partial charge in [0.25, 0.3) is 21.6 Å². The lowest BCUT2D eigenvalue weighted by atomic mass is 9.96. The number of nitro benzene ring substituents is 1. The Morgan fingerprint density at radius 1 is 1.02 bits per heavy atom. The Balaban J connectivity index is 1.45. The van der Waals surface area contributed by atoms with Crippen molar-refractivity contribution < 1.29 is 46.7 Å². The predicted molar refractivity (Wildman–Crippen MR) is 212 cm³/mol. The number of sulfonamides is 1. The van der Waals surface area contributed by atoms with Crippen LogP contribution in [0.2, 0.25) is 0 Å². The van der Waals surface area contributed by atoms with E-state index in [1.807, 2.05) is 35.1 Å². The van der Waals surface area contributed by atoms with Crippen molar-refractivity contribution in [2.45, 2.75) is 68.7 Å². The van der Waals surface area contributed by atoms with Gasteiger partial charge >= 0.3 is 6.09 Å². The first kappa shape index (κ1) is 42.6. The third-order valence-corrected chi connectivity index (χ3v) is 10.4. The van der Waals surface area contributed by atoms with E-state index in [0.717, 1.165) is 17.7 Å². The molecule has 1 saturated heterocycles. The number of aromatic nitrogens is 1. The van der Waals surface area contributed by atoms with Gasteiger partial charge in [-0.1, -0.05) is 48.5 Å². The molecule has 3 aromatic carbocycles. The van der Waals surface area contributed by atoms with Gasteiger partial charge < -0.3 is 29.7 Å². The number of benzene rings is 3. The summed E-state index contributed by atoms with van der Waals surface area (Å²) in [6, 6.07) is 19.6. The smallest absolute Gasteiger partial charge is 0.408 e. The van der Waals surface area contributed by atoms with E-state index in [0.29, 0.717) is 28.1 Å². The molecular formula is C40H44N6O11S. The molecule has 1 aliphatic rings. The molecule has 58 heavy (non-hydrogen) atoms. The summed E-state index contributed by atoms with van der Waals surface area (Å²) in [5, 5.41) is 17.2. The molecule has 1 aliphatic heterocycles. The molecule has 0 bridgehead atoms. The van der Waals surface area contributed by atoms with Crippen molar-refractivity contribution in [2.75, 3.05) is 20.2 Å². The topological polar surface area (TPSA) is 225 Å². The number of nitro groups is 1. The third kappa shape index (κ3) is 10.0. The van der Waals surface area contributed by atoms with Gasteiger partial charge in [0.2, 0.25) is 11.8 Å². The summed E-state index contributed by atoms with van der Waals surface area (Å²) < 4.78 is 45.6. The number of para-hydroxylation sites is 1. The van der Waals surface area contributed by atoms with Crippen LogP contribution in [0.3, 0.4) is 0 Å². The molecule has 0 unspecified atom stereocenters. The van der Waals surface area contributed by atoms with E-state index in [1.165, 1.54) is 37.1 Å². The Morgan fingerprint density at radius 2 is 1.71 bits per heavy atom. The molecule has 0 radical (unpaired) electrons. The van der Waals surface area contributed by atoms with Gasteiger partial charge in [-0.15, -0.1) is 6.58 Å². The predicted octanol–water partition coefficient (Wildman–Crippen LogP) is 4.65. The molecule has 17 nitrogen and oxygen atoms in total. The third-order valence-electron chi connectivity index (χ3n) is 9.04. The maximum Gasteiger partial charge on any atom is 0.408 e. The van der Waals surface area contributed by atoms with Gasteiger partial charge in [0.1, 0.15) is 41.3 Å². The van der Waals surface area contributed by atoms with Gasteiger partial charge in [0, 0.05) is 35.6 Å². The van der Waals surface area contributed by atoms with E-state index in [1.54, 1.807) is 45.0 Å². The summed E-state index contributed by atoms with van der Waals surface area (Å²) in [4.78, 5) is 70.1. The first-order chi connectivity index (χ1) is 27.3. The van der Waals surface area contributed by atoms with Crippen molar-refractivity contribution in [3.05, 3.63) is 102 Å². The quantitative estimate of drug-likeness (QED) is 0.0899. The van der Waals surface area contributed by atoms with E-state index >= 15 is 0 Å². The lowest BCUT2D eigenvalue weighted by molar-refractivity contribution is -0.387. The van der Waals surface area contributed by atoms with Gasteiger partial charge in [-0.3, -0.25) is 24.5 Å². The Bertz CT molecular complexity index is 2350. The number of likely N-dealkylation sites (tertiary alicyclic amines) is 1. The van der Waals surface area contributed by atoms with E-state index in [4.69, 9.17) is 19.2 Å². The molecule has 0 spiro atoms. The van der Waals surface area contributed by atoms with Crippen LogP contribution in [0.5, 0.6) is 11.5 Å². The van der Waals surface area contributed by atoms with Gasteiger partial charge in [0.15, 0.2) is 4.90 Å². The average molecular weight is 817 g/mol. The normalized spacial score (nSPS) is 16.4. The fraction of sp³-hybridized carbons (Fsp3) is 0.325. The van der Waals surface area contributed by atoms with Gasteiger partial charge in [-0.2, -0.15) is 0 Å². The zero-order valence-corrected chi connectivity index (χ0v) is 33.3. The number of nitrogens with one attached hydrogen (secondary N) is 3. The summed E-state index contributed by atoms with van der Waals surface area (Å²) in [6.45, 7) is 9.16. The number of carbonyl (C=O) groups excluding carboxylic acids is 4. The number of hydrogen-bond donors (Lipinski definition) is 3. The summed E-state index contributed by atoms with van der Waals surface area (Å²) in [6.07, 6.45) is -0.774. The van der Waals surface area contributed by atoms with Crippen molar-refractivity contribution in [1.82, 2.24) is 25.2 Å². The number of amides is 4. The number of rotatable bonds is 14. The van der Waals surface area contributed by atoms with E-state index in [-0.39, 0.29) is 19.4 Å². The molecule has 18 heteroatoms. The first-order valence-corrected chi connectivity index (χ1v) is 19.5. The highest BCUT2D eigenvalue weighted by atomic mass is 32.2. The SMILES string of the molecule is C=CC[C@](C)(NC(=O)[C@@H]1C[C@@H](Oc2cc(-c3ccccc3)nc3cc(OC)ccc23)CN1C(=O)CNC(=O)OC(C)(C)C)C(=O)NS(=O)(=O)c1ccccc1[N+](=O)[O-]. The maximum atomic E-state index is 14.2. The zero-order chi connectivity index (χ0) is 42.4. The number of pyridine rings is 1. The van der Waals surface area contributed by atoms with Gasteiger partial charge in [-0.25, -0.2) is 22.9 Å². The summed E-state index contributed by atoms with van der Waals surface area (Å²) >= 11 is 0. The molecule has 5 rings (SSSR count). The number of hydrogen-bond acceptors (Lipinski definition) is 12. The molecule has 1 fully saturated rings. The van der Waals surface area contributed by atoms with Gasteiger partial charge in [0.05, 0.1) is 29.8 Å². The largest absolute Gasteiger partial charge is 0.497 e.